The van der Waals surface area contributed by atoms with Crippen LogP contribution in [0.2, 0.25) is 5.15 Å². The second-order valence-electron chi connectivity index (χ2n) is 7.32. The predicted octanol–water partition coefficient (Wildman–Crippen LogP) is 4.07. The number of rotatable bonds is 7. The molecule has 3 rings (SSSR count). The molecule has 0 bridgehead atoms. The summed E-state index contributed by atoms with van der Waals surface area (Å²) in [4.78, 5) is 41.1. The first kappa shape index (κ1) is 22.2. The van der Waals surface area contributed by atoms with Crippen LogP contribution in [0.15, 0.2) is 54.6 Å². The number of benzene rings is 2. The number of anilines is 1. The topological polar surface area (TPSA) is 97.4 Å². The fourth-order valence-corrected chi connectivity index (χ4v) is 2.96. The molecule has 7 nitrogen and oxygen atoms in total. The van der Waals surface area contributed by atoms with Gasteiger partial charge in [-0.25, -0.2) is 9.78 Å². The highest BCUT2D eigenvalue weighted by atomic mass is 35.5. The fraction of sp³-hybridized carbons (Fsp3) is 0.217. The van der Waals surface area contributed by atoms with E-state index in [1.54, 1.807) is 54.6 Å². The molecule has 0 spiro atoms. The van der Waals surface area contributed by atoms with Crippen LogP contribution in [-0.2, 0) is 9.53 Å². The lowest BCUT2D eigenvalue weighted by Gasteiger charge is -2.12. The number of para-hydroxylation sites is 1. The highest BCUT2D eigenvalue weighted by Crippen LogP contribution is 2.18. The third kappa shape index (κ3) is 6.02. The van der Waals surface area contributed by atoms with Gasteiger partial charge in [0.15, 0.2) is 6.61 Å². The standard InChI is InChI=1S/C23H22ClN3O4/c1-14(2)12-25-22(29)17-5-3-4-6-19(17)27-21(28)13-31-23(30)16-7-9-18-15(11-16)8-10-20(24)26-18/h3-11,14H,12-13H2,1-2H3,(H,25,29)(H,27,28). The number of hydrogen-bond donors (Lipinski definition) is 2. The van der Waals surface area contributed by atoms with E-state index in [0.29, 0.717) is 34.4 Å². The van der Waals surface area contributed by atoms with Gasteiger partial charge in [0.1, 0.15) is 5.15 Å². The summed E-state index contributed by atoms with van der Waals surface area (Å²) >= 11 is 5.86. The normalized spacial score (nSPS) is 10.7. The van der Waals surface area contributed by atoms with Gasteiger partial charge in [0.2, 0.25) is 0 Å². The summed E-state index contributed by atoms with van der Waals surface area (Å²) in [5, 5.41) is 6.52. The number of fused-ring (bicyclic) bond motifs is 1. The van der Waals surface area contributed by atoms with E-state index < -0.39 is 18.5 Å². The highest BCUT2D eigenvalue weighted by molar-refractivity contribution is 6.29. The molecule has 0 atom stereocenters. The molecule has 0 saturated heterocycles. The quantitative estimate of drug-likeness (QED) is 0.427. The summed E-state index contributed by atoms with van der Waals surface area (Å²) in [6, 6.07) is 14.9. The van der Waals surface area contributed by atoms with Gasteiger partial charge in [-0.3, -0.25) is 9.59 Å². The maximum atomic E-state index is 12.4. The first-order valence-electron chi connectivity index (χ1n) is 9.74. The number of aromatic nitrogens is 1. The van der Waals surface area contributed by atoms with E-state index in [0.717, 1.165) is 5.39 Å². The van der Waals surface area contributed by atoms with Crippen molar-refractivity contribution < 1.29 is 19.1 Å². The Kier molecular flexibility index (Phi) is 7.20. The fourth-order valence-electron chi connectivity index (χ4n) is 2.81. The zero-order valence-electron chi connectivity index (χ0n) is 17.1. The van der Waals surface area contributed by atoms with Crippen molar-refractivity contribution in [3.8, 4) is 0 Å². The van der Waals surface area contributed by atoms with E-state index in [1.807, 2.05) is 13.8 Å². The molecular formula is C23H22ClN3O4. The zero-order chi connectivity index (χ0) is 22.4. The van der Waals surface area contributed by atoms with Crippen LogP contribution < -0.4 is 10.6 Å². The van der Waals surface area contributed by atoms with Gasteiger partial charge in [-0.2, -0.15) is 0 Å². The van der Waals surface area contributed by atoms with Crippen LogP contribution >= 0.6 is 11.6 Å². The molecule has 0 fully saturated rings. The summed E-state index contributed by atoms with van der Waals surface area (Å²) < 4.78 is 5.12. The highest BCUT2D eigenvalue weighted by Gasteiger charge is 2.15. The average molecular weight is 440 g/mol. The van der Waals surface area contributed by atoms with Crippen LogP contribution in [0.5, 0.6) is 0 Å². The van der Waals surface area contributed by atoms with Crippen LogP contribution in [0.25, 0.3) is 10.9 Å². The van der Waals surface area contributed by atoms with E-state index >= 15 is 0 Å². The molecule has 0 radical (unpaired) electrons. The summed E-state index contributed by atoms with van der Waals surface area (Å²) in [7, 11) is 0. The number of nitrogens with one attached hydrogen (secondary N) is 2. The lowest BCUT2D eigenvalue weighted by Crippen LogP contribution is -2.29. The molecule has 2 aromatic carbocycles. The van der Waals surface area contributed by atoms with Crippen molar-refractivity contribution in [3.05, 3.63) is 70.9 Å². The number of carbonyl (C=O) groups is 3. The van der Waals surface area contributed by atoms with Crippen LogP contribution in [0, 0.1) is 5.92 Å². The Balaban J connectivity index is 1.61. The van der Waals surface area contributed by atoms with Crippen molar-refractivity contribution in [2.45, 2.75) is 13.8 Å². The second-order valence-corrected chi connectivity index (χ2v) is 7.70. The number of amides is 2. The van der Waals surface area contributed by atoms with Crippen molar-refractivity contribution in [3.63, 3.8) is 0 Å². The third-order valence-electron chi connectivity index (χ3n) is 4.34. The number of carbonyl (C=O) groups excluding carboxylic acids is 3. The van der Waals surface area contributed by atoms with E-state index in [-0.39, 0.29) is 11.5 Å². The maximum absolute atomic E-state index is 12.4. The largest absolute Gasteiger partial charge is 0.452 e. The maximum Gasteiger partial charge on any atom is 0.338 e. The second kappa shape index (κ2) is 10.0. The molecule has 0 aliphatic rings. The van der Waals surface area contributed by atoms with Crippen molar-refractivity contribution in [2.24, 2.45) is 5.92 Å². The number of pyridine rings is 1. The molecule has 8 heteroatoms. The Hall–Kier alpha value is -3.45. The number of ether oxygens (including phenoxy) is 1. The van der Waals surface area contributed by atoms with Crippen LogP contribution in [-0.4, -0.2) is 35.9 Å². The smallest absolute Gasteiger partial charge is 0.338 e. The molecule has 2 N–H and O–H groups in total. The summed E-state index contributed by atoms with van der Waals surface area (Å²) in [6.07, 6.45) is 0. The van der Waals surface area contributed by atoms with Crippen molar-refractivity contribution in [2.75, 3.05) is 18.5 Å². The van der Waals surface area contributed by atoms with E-state index in [4.69, 9.17) is 16.3 Å². The Morgan fingerprint density at radius 1 is 1.06 bits per heavy atom. The molecule has 1 heterocycles. The van der Waals surface area contributed by atoms with Crippen molar-refractivity contribution >= 4 is 46.0 Å². The molecule has 3 aromatic rings. The van der Waals surface area contributed by atoms with Crippen molar-refractivity contribution in [1.29, 1.82) is 0 Å². The molecule has 0 saturated carbocycles. The minimum Gasteiger partial charge on any atom is -0.452 e. The molecule has 0 aliphatic carbocycles. The SMILES string of the molecule is CC(C)CNC(=O)c1ccccc1NC(=O)COC(=O)c1ccc2nc(Cl)ccc2c1. The summed E-state index contributed by atoms with van der Waals surface area (Å²) in [6.45, 7) is 4.01. The Labute approximate surface area is 184 Å². The van der Waals surface area contributed by atoms with Gasteiger partial charge in [-0.15, -0.1) is 0 Å². The van der Waals surface area contributed by atoms with Gasteiger partial charge in [-0.1, -0.05) is 37.6 Å². The Morgan fingerprint density at radius 3 is 2.61 bits per heavy atom. The minimum absolute atomic E-state index is 0.286. The molecule has 0 aliphatic heterocycles. The lowest BCUT2D eigenvalue weighted by atomic mass is 10.1. The van der Waals surface area contributed by atoms with Gasteiger partial charge in [0.25, 0.3) is 11.8 Å². The number of hydrogen-bond acceptors (Lipinski definition) is 5. The summed E-state index contributed by atoms with van der Waals surface area (Å²) in [5.41, 5.74) is 1.62. The molecule has 2 amide bonds. The average Bonchev–Trinajstić information content (AvgIpc) is 2.75. The Bertz CT molecular complexity index is 1130. The molecule has 31 heavy (non-hydrogen) atoms. The first-order chi connectivity index (χ1) is 14.8. The van der Waals surface area contributed by atoms with Crippen LogP contribution in [0.1, 0.15) is 34.6 Å². The molecular weight excluding hydrogens is 418 g/mol. The number of nitrogens with zero attached hydrogens (tertiary/aromatic N) is 1. The molecule has 0 unspecified atom stereocenters. The van der Waals surface area contributed by atoms with Gasteiger partial charge < -0.3 is 15.4 Å². The number of esters is 1. The third-order valence-corrected chi connectivity index (χ3v) is 4.55. The van der Waals surface area contributed by atoms with Gasteiger partial charge in [-0.05, 0) is 48.4 Å². The van der Waals surface area contributed by atoms with Gasteiger partial charge in [0, 0.05) is 11.9 Å². The van der Waals surface area contributed by atoms with Gasteiger partial charge in [0.05, 0.1) is 22.3 Å². The molecule has 1 aromatic heterocycles. The van der Waals surface area contributed by atoms with Gasteiger partial charge >= 0.3 is 5.97 Å². The zero-order valence-corrected chi connectivity index (χ0v) is 17.9. The minimum atomic E-state index is -0.644. The summed E-state index contributed by atoms with van der Waals surface area (Å²) in [5.74, 6) is -1.18. The molecule has 160 valence electrons. The first-order valence-corrected chi connectivity index (χ1v) is 10.1. The van der Waals surface area contributed by atoms with Crippen LogP contribution in [0.3, 0.4) is 0 Å². The van der Waals surface area contributed by atoms with E-state index in [1.165, 1.54) is 0 Å². The lowest BCUT2D eigenvalue weighted by molar-refractivity contribution is -0.119. The van der Waals surface area contributed by atoms with E-state index in [2.05, 4.69) is 15.6 Å². The van der Waals surface area contributed by atoms with Crippen LogP contribution in [0.4, 0.5) is 5.69 Å². The van der Waals surface area contributed by atoms with Crippen molar-refractivity contribution in [1.82, 2.24) is 10.3 Å². The monoisotopic (exact) mass is 439 g/mol. The predicted molar refractivity (Wildman–Crippen MR) is 119 cm³/mol. The Morgan fingerprint density at radius 2 is 1.84 bits per heavy atom. The number of halogens is 1. The van der Waals surface area contributed by atoms with E-state index in [9.17, 15) is 14.4 Å².